The summed E-state index contributed by atoms with van der Waals surface area (Å²) in [6.07, 6.45) is 6.14. The van der Waals surface area contributed by atoms with Crippen molar-refractivity contribution in [3.8, 4) is 0 Å². The van der Waals surface area contributed by atoms with Crippen molar-refractivity contribution < 1.29 is 0 Å². The van der Waals surface area contributed by atoms with Gasteiger partial charge in [-0.25, -0.2) is 0 Å². The minimum Gasteiger partial charge on any atom is -0.316 e. The minimum absolute atomic E-state index is 0. The van der Waals surface area contributed by atoms with Crippen LogP contribution >= 0.6 is 24.8 Å². The van der Waals surface area contributed by atoms with Crippen LogP contribution < -0.4 is 5.32 Å². The number of rotatable bonds is 2. The van der Waals surface area contributed by atoms with Crippen LogP contribution in [0.4, 0.5) is 0 Å². The molecule has 1 aromatic heterocycles. The molecule has 2 aliphatic rings. The summed E-state index contributed by atoms with van der Waals surface area (Å²) in [6, 6.07) is 0. The summed E-state index contributed by atoms with van der Waals surface area (Å²) < 4.78 is 2.33. The highest BCUT2D eigenvalue weighted by atomic mass is 35.5. The summed E-state index contributed by atoms with van der Waals surface area (Å²) in [5, 5.41) is 12.0. The van der Waals surface area contributed by atoms with Gasteiger partial charge >= 0.3 is 0 Å². The molecule has 1 unspecified atom stereocenters. The maximum Gasteiger partial charge on any atom is 0.133 e. The van der Waals surface area contributed by atoms with Gasteiger partial charge in [-0.15, -0.1) is 35.0 Å². The zero-order valence-electron chi connectivity index (χ0n) is 9.89. The van der Waals surface area contributed by atoms with Crippen LogP contribution in [0.1, 0.15) is 30.9 Å². The van der Waals surface area contributed by atoms with Crippen LogP contribution in [0, 0.1) is 5.92 Å². The highest BCUT2D eigenvalue weighted by Crippen LogP contribution is 2.19. The van der Waals surface area contributed by atoms with Gasteiger partial charge in [0.15, 0.2) is 0 Å². The fourth-order valence-corrected chi connectivity index (χ4v) is 2.72. The van der Waals surface area contributed by atoms with Crippen molar-refractivity contribution in [2.75, 3.05) is 13.1 Å². The Morgan fingerprint density at radius 2 is 2.12 bits per heavy atom. The second-order valence-corrected chi connectivity index (χ2v) is 4.70. The SMILES string of the molecule is C1CNCC(Cc2nnc3n2CCC3)C1.Cl.Cl. The number of piperidine rings is 1. The Balaban J connectivity index is 0.000000722. The minimum atomic E-state index is 0. The van der Waals surface area contributed by atoms with Crippen LogP contribution in [0.3, 0.4) is 0 Å². The number of aromatic nitrogens is 3. The second-order valence-electron chi connectivity index (χ2n) is 4.70. The molecule has 0 aromatic carbocycles. The lowest BCUT2D eigenvalue weighted by molar-refractivity contribution is 0.366. The number of hydrogen-bond donors (Lipinski definition) is 1. The van der Waals surface area contributed by atoms with Crippen molar-refractivity contribution in [3.63, 3.8) is 0 Å². The monoisotopic (exact) mass is 278 g/mol. The van der Waals surface area contributed by atoms with Crippen molar-refractivity contribution in [2.45, 2.75) is 38.6 Å². The molecule has 1 saturated heterocycles. The van der Waals surface area contributed by atoms with Crippen LogP contribution in [0.25, 0.3) is 0 Å². The molecule has 1 atom stereocenters. The molecule has 4 nitrogen and oxygen atoms in total. The van der Waals surface area contributed by atoms with E-state index in [1.54, 1.807) is 0 Å². The molecule has 0 spiro atoms. The third kappa shape index (κ3) is 3.12. The predicted octanol–water partition coefficient (Wildman–Crippen LogP) is 1.61. The molecule has 1 aromatic rings. The van der Waals surface area contributed by atoms with Gasteiger partial charge < -0.3 is 9.88 Å². The van der Waals surface area contributed by atoms with E-state index in [9.17, 15) is 0 Å². The molecule has 98 valence electrons. The standard InChI is InChI=1S/C11H18N4.2ClH/c1-3-9(8-12-5-1)7-11-14-13-10-4-2-6-15(10)11;;/h9,12H,1-8H2;2*1H. The molecule has 0 saturated carbocycles. The first-order valence-electron chi connectivity index (χ1n) is 6.05. The summed E-state index contributed by atoms with van der Waals surface area (Å²) in [5.74, 6) is 3.19. The van der Waals surface area contributed by atoms with Gasteiger partial charge in [-0.1, -0.05) is 0 Å². The lowest BCUT2D eigenvalue weighted by atomic mass is 9.96. The first-order chi connectivity index (χ1) is 7.43. The molecule has 3 rings (SSSR count). The van der Waals surface area contributed by atoms with E-state index in [0.29, 0.717) is 0 Å². The summed E-state index contributed by atoms with van der Waals surface area (Å²) in [6.45, 7) is 3.48. The van der Waals surface area contributed by atoms with E-state index in [4.69, 9.17) is 0 Å². The fourth-order valence-electron chi connectivity index (χ4n) is 2.72. The largest absolute Gasteiger partial charge is 0.316 e. The van der Waals surface area contributed by atoms with Gasteiger partial charge in [0, 0.05) is 19.4 Å². The maximum atomic E-state index is 4.32. The number of fused-ring (bicyclic) bond motifs is 1. The quantitative estimate of drug-likeness (QED) is 0.894. The van der Waals surface area contributed by atoms with Crippen molar-refractivity contribution in [3.05, 3.63) is 11.6 Å². The predicted molar refractivity (Wildman–Crippen MR) is 72.1 cm³/mol. The molecule has 0 amide bonds. The molecule has 0 bridgehead atoms. The molecule has 0 aliphatic carbocycles. The number of hydrogen-bond acceptors (Lipinski definition) is 3. The van der Waals surface area contributed by atoms with Crippen LogP contribution in [0.15, 0.2) is 0 Å². The average molecular weight is 279 g/mol. The van der Waals surface area contributed by atoms with Crippen LogP contribution in [0.5, 0.6) is 0 Å². The molecule has 6 heteroatoms. The Bertz CT molecular complexity index is 347. The van der Waals surface area contributed by atoms with E-state index in [0.717, 1.165) is 31.8 Å². The van der Waals surface area contributed by atoms with Crippen LogP contribution in [-0.2, 0) is 19.4 Å². The van der Waals surface area contributed by atoms with E-state index in [1.807, 2.05) is 0 Å². The molecular formula is C11H20Cl2N4. The maximum absolute atomic E-state index is 4.32. The number of aryl methyl sites for hydroxylation is 1. The first-order valence-corrected chi connectivity index (χ1v) is 6.05. The second kappa shape index (κ2) is 6.57. The molecule has 17 heavy (non-hydrogen) atoms. The Kier molecular flexibility index (Phi) is 5.70. The highest BCUT2D eigenvalue weighted by Gasteiger charge is 2.21. The van der Waals surface area contributed by atoms with E-state index in [1.165, 1.54) is 37.5 Å². The van der Waals surface area contributed by atoms with Crippen LogP contribution in [-0.4, -0.2) is 27.9 Å². The molecule has 1 N–H and O–H groups in total. The Morgan fingerprint density at radius 3 is 2.88 bits per heavy atom. The third-order valence-corrected chi connectivity index (χ3v) is 3.56. The Labute approximate surface area is 114 Å². The normalized spacial score (nSPS) is 22.5. The summed E-state index contributed by atoms with van der Waals surface area (Å²) in [5.41, 5.74) is 0. The topological polar surface area (TPSA) is 42.7 Å². The van der Waals surface area contributed by atoms with E-state index in [-0.39, 0.29) is 24.8 Å². The Morgan fingerprint density at radius 1 is 1.24 bits per heavy atom. The molecular weight excluding hydrogens is 259 g/mol. The number of nitrogens with zero attached hydrogens (tertiary/aromatic N) is 3. The third-order valence-electron chi connectivity index (χ3n) is 3.56. The van der Waals surface area contributed by atoms with Gasteiger partial charge in [-0.05, 0) is 38.3 Å². The van der Waals surface area contributed by atoms with E-state index in [2.05, 4.69) is 20.1 Å². The Hall–Kier alpha value is -0.320. The van der Waals surface area contributed by atoms with E-state index >= 15 is 0 Å². The number of halogens is 2. The molecule has 3 heterocycles. The zero-order chi connectivity index (χ0) is 10.1. The molecule has 2 aliphatic heterocycles. The summed E-state index contributed by atoms with van der Waals surface area (Å²) >= 11 is 0. The van der Waals surface area contributed by atoms with Crippen LogP contribution in [0.2, 0.25) is 0 Å². The van der Waals surface area contributed by atoms with Gasteiger partial charge in [0.2, 0.25) is 0 Å². The molecule has 1 fully saturated rings. The highest BCUT2D eigenvalue weighted by molar-refractivity contribution is 5.85. The smallest absolute Gasteiger partial charge is 0.133 e. The lowest BCUT2D eigenvalue weighted by Gasteiger charge is -2.22. The summed E-state index contributed by atoms with van der Waals surface area (Å²) in [7, 11) is 0. The van der Waals surface area contributed by atoms with Gasteiger partial charge in [0.05, 0.1) is 0 Å². The molecule has 0 radical (unpaired) electrons. The van der Waals surface area contributed by atoms with Crippen molar-refractivity contribution in [1.82, 2.24) is 20.1 Å². The average Bonchev–Trinajstić information content (AvgIpc) is 2.85. The zero-order valence-corrected chi connectivity index (χ0v) is 11.5. The fraction of sp³-hybridized carbons (Fsp3) is 0.818. The van der Waals surface area contributed by atoms with Gasteiger partial charge in [0.1, 0.15) is 11.6 Å². The van der Waals surface area contributed by atoms with Crippen molar-refractivity contribution in [1.29, 1.82) is 0 Å². The lowest BCUT2D eigenvalue weighted by Crippen LogP contribution is -2.31. The summed E-state index contributed by atoms with van der Waals surface area (Å²) in [4.78, 5) is 0. The van der Waals surface area contributed by atoms with Crippen molar-refractivity contribution >= 4 is 24.8 Å². The van der Waals surface area contributed by atoms with Gasteiger partial charge in [-0.3, -0.25) is 0 Å². The number of nitrogens with one attached hydrogen (secondary N) is 1. The van der Waals surface area contributed by atoms with Gasteiger partial charge in [0.25, 0.3) is 0 Å². The van der Waals surface area contributed by atoms with E-state index < -0.39 is 0 Å². The van der Waals surface area contributed by atoms with Gasteiger partial charge in [-0.2, -0.15) is 0 Å². The van der Waals surface area contributed by atoms with Crippen molar-refractivity contribution in [2.24, 2.45) is 5.92 Å². The first kappa shape index (κ1) is 14.7.